The average molecular weight is 444 g/mol. The van der Waals surface area contributed by atoms with E-state index in [9.17, 15) is 0 Å². The number of hydrogen-bond donors (Lipinski definition) is 0. The molecule has 0 aliphatic carbocycles. The first-order chi connectivity index (χ1) is 6.79. The van der Waals surface area contributed by atoms with Gasteiger partial charge in [0.25, 0.3) is 0 Å². The Morgan fingerprint density at radius 2 is 0.875 bits per heavy atom. The molecule has 4 nitrogen and oxygen atoms in total. The Morgan fingerprint density at radius 1 is 0.625 bits per heavy atom. The van der Waals surface area contributed by atoms with Gasteiger partial charge in [-0.25, -0.2) is 9.13 Å². The van der Waals surface area contributed by atoms with Crippen molar-refractivity contribution in [3.8, 4) is 0 Å². The zero-order valence-corrected chi connectivity index (χ0v) is 13.5. The molecule has 6 heteroatoms. The van der Waals surface area contributed by atoms with E-state index in [0.717, 1.165) is 0 Å². The fourth-order valence-corrected chi connectivity index (χ4v) is 0.773. The molecule has 0 N–H and O–H groups in total. The van der Waals surface area contributed by atoms with Gasteiger partial charge in [-0.3, -0.25) is 9.97 Å². The van der Waals surface area contributed by atoms with Gasteiger partial charge >= 0.3 is 0 Å². The number of aromatic nitrogens is 4. The van der Waals surface area contributed by atoms with Crippen molar-refractivity contribution in [1.29, 1.82) is 0 Å². The minimum absolute atomic E-state index is 0. The maximum absolute atomic E-state index is 3.82. The Hall–Kier alpha value is -0.380. The Balaban J connectivity index is 0. The Bertz CT molecular complexity index is 318. The molecule has 0 fully saturated rings. The smallest absolute Gasteiger partial charge is 0.186 e. The molecule has 88 valence electrons. The molecule has 0 unspecified atom stereocenters. The van der Waals surface area contributed by atoms with Crippen molar-refractivity contribution in [2.75, 3.05) is 0 Å². The summed E-state index contributed by atoms with van der Waals surface area (Å²) in [7, 11) is 3.92. The van der Waals surface area contributed by atoms with Gasteiger partial charge in [-0.1, -0.05) is 0 Å². The second-order valence-electron chi connectivity index (χ2n) is 2.82. The van der Waals surface area contributed by atoms with E-state index in [4.69, 9.17) is 0 Å². The molecule has 0 saturated carbocycles. The van der Waals surface area contributed by atoms with Crippen molar-refractivity contribution >= 4 is 0 Å². The zero-order valence-electron chi connectivity index (χ0n) is 9.16. The fourth-order valence-electron chi connectivity index (χ4n) is 0.773. The molecule has 2 aromatic heterocycles. The molecular weight excluding hydrogens is 430 g/mol. The van der Waals surface area contributed by atoms with Crippen LogP contribution in [0.15, 0.2) is 49.6 Å². The van der Waals surface area contributed by atoms with E-state index in [1.165, 1.54) is 0 Å². The third-order valence-corrected chi connectivity index (χ3v) is 1.55. The highest BCUT2D eigenvalue weighted by molar-refractivity contribution is 4.62. The minimum Gasteiger partial charge on any atom is -1.00 e. The molecule has 0 saturated heterocycles. The van der Waals surface area contributed by atoms with Gasteiger partial charge in [0, 0.05) is 0 Å². The van der Waals surface area contributed by atoms with Crippen molar-refractivity contribution in [2.45, 2.75) is 0 Å². The van der Waals surface area contributed by atoms with E-state index in [1.807, 2.05) is 48.0 Å². The van der Waals surface area contributed by atoms with Crippen LogP contribution in [0.2, 0.25) is 0 Å². The summed E-state index contributed by atoms with van der Waals surface area (Å²) >= 11 is 0. The Labute approximate surface area is 130 Å². The zero-order chi connectivity index (χ0) is 10.2. The predicted molar refractivity (Wildman–Crippen MR) is 50.8 cm³/mol. The van der Waals surface area contributed by atoms with Gasteiger partial charge in [-0.05, 0) is 0 Å². The van der Waals surface area contributed by atoms with Crippen molar-refractivity contribution < 1.29 is 57.1 Å². The SMILES string of the molecule is C[n+]1ccncc1.C[n+]1ccncc1.[I-].[I-]. The number of rotatable bonds is 0. The Morgan fingerprint density at radius 3 is 1.00 bits per heavy atom. The second kappa shape index (κ2) is 11.1. The van der Waals surface area contributed by atoms with Gasteiger partial charge in [-0.15, -0.1) is 0 Å². The van der Waals surface area contributed by atoms with E-state index in [0.29, 0.717) is 0 Å². The molecular formula is C10H14I2N4. The molecule has 0 amide bonds. The minimum atomic E-state index is 0. The summed E-state index contributed by atoms with van der Waals surface area (Å²) in [6.07, 6.45) is 14.6. The first-order valence-electron chi connectivity index (χ1n) is 4.29. The molecule has 0 atom stereocenters. The summed E-state index contributed by atoms with van der Waals surface area (Å²) in [5.41, 5.74) is 0. The number of halogens is 2. The van der Waals surface area contributed by atoms with Crippen LogP contribution in [0.5, 0.6) is 0 Å². The van der Waals surface area contributed by atoms with Gasteiger partial charge in [0.05, 0.1) is 24.8 Å². The number of hydrogen-bond acceptors (Lipinski definition) is 2. The highest BCUT2D eigenvalue weighted by Crippen LogP contribution is 1.63. The molecule has 0 spiro atoms. The van der Waals surface area contributed by atoms with Crippen LogP contribution in [0.3, 0.4) is 0 Å². The lowest BCUT2D eigenvalue weighted by atomic mass is 10.7. The average Bonchev–Trinajstić information content (AvgIpc) is 2.21. The normalized spacial score (nSPS) is 7.62. The first kappa shape index (κ1) is 18.0. The van der Waals surface area contributed by atoms with E-state index in [1.54, 1.807) is 24.8 Å². The maximum atomic E-state index is 3.82. The number of nitrogens with zero attached hydrogens (tertiary/aromatic N) is 4. The van der Waals surface area contributed by atoms with E-state index < -0.39 is 0 Å². The van der Waals surface area contributed by atoms with Gasteiger partial charge in [-0.2, -0.15) is 0 Å². The summed E-state index contributed by atoms with van der Waals surface area (Å²) < 4.78 is 3.88. The van der Waals surface area contributed by atoms with Crippen LogP contribution in [-0.2, 0) is 14.1 Å². The van der Waals surface area contributed by atoms with Crippen molar-refractivity contribution in [3.05, 3.63) is 49.6 Å². The van der Waals surface area contributed by atoms with Crippen molar-refractivity contribution in [2.24, 2.45) is 14.1 Å². The monoisotopic (exact) mass is 444 g/mol. The molecule has 0 radical (unpaired) electrons. The van der Waals surface area contributed by atoms with Crippen LogP contribution in [0.25, 0.3) is 0 Å². The van der Waals surface area contributed by atoms with E-state index in [-0.39, 0.29) is 48.0 Å². The molecule has 0 aliphatic heterocycles. The lowest BCUT2D eigenvalue weighted by Crippen LogP contribution is -3.00. The third kappa shape index (κ3) is 8.89. The molecule has 2 heterocycles. The summed E-state index contributed by atoms with van der Waals surface area (Å²) in [6, 6.07) is 0. The highest BCUT2D eigenvalue weighted by atomic mass is 127. The fraction of sp³-hybridized carbons (Fsp3) is 0.200. The largest absolute Gasteiger partial charge is 1.00 e. The maximum Gasteiger partial charge on any atom is 0.186 e. The van der Waals surface area contributed by atoms with Crippen molar-refractivity contribution in [3.63, 3.8) is 0 Å². The van der Waals surface area contributed by atoms with Crippen molar-refractivity contribution in [1.82, 2.24) is 9.97 Å². The summed E-state index contributed by atoms with van der Waals surface area (Å²) in [4.78, 5) is 7.65. The molecule has 2 aromatic rings. The quantitative estimate of drug-likeness (QED) is 0.300. The van der Waals surface area contributed by atoms with E-state index >= 15 is 0 Å². The van der Waals surface area contributed by atoms with Crippen LogP contribution >= 0.6 is 0 Å². The van der Waals surface area contributed by atoms with Gasteiger partial charge < -0.3 is 48.0 Å². The van der Waals surface area contributed by atoms with Crippen LogP contribution < -0.4 is 57.1 Å². The standard InChI is InChI=1S/2C5H7N2.2HI/c2*1-7-4-2-6-3-5-7;;/h2*2-5H,1H3;2*1H/q2*+1;;/p-2. The molecule has 16 heavy (non-hydrogen) atoms. The molecule has 0 bridgehead atoms. The summed E-state index contributed by atoms with van der Waals surface area (Å²) in [6.45, 7) is 0. The predicted octanol–water partition coefficient (Wildman–Crippen LogP) is -6.18. The third-order valence-electron chi connectivity index (χ3n) is 1.55. The van der Waals surface area contributed by atoms with Gasteiger partial charge in [0.15, 0.2) is 24.8 Å². The lowest BCUT2D eigenvalue weighted by Gasteiger charge is -1.77. The van der Waals surface area contributed by atoms with Crippen LogP contribution in [0.1, 0.15) is 0 Å². The molecule has 0 aromatic carbocycles. The highest BCUT2D eigenvalue weighted by Gasteiger charge is 1.80. The number of aryl methyl sites for hydroxylation is 2. The van der Waals surface area contributed by atoms with Gasteiger partial charge in [0.2, 0.25) is 0 Å². The van der Waals surface area contributed by atoms with E-state index in [2.05, 4.69) is 9.97 Å². The first-order valence-corrected chi connectivity index (χ1v) is 4.29. The van der Waals surface area contributed by atoms with Crippen LogP contribution in [0.4, 0.5) is 0 Å². The summed E-state index contributed by atoms with van der Waals surface area (Å²) in [5, 5.41) is 0. The van der Waals surface area contributed by atoms with Crippen LogP contribution in [-0.4, -0.2) is 9.97 Å². The Kier molecular flexibility index (Phi) is 12.5. The molecule has 0 aliphatic rings. The topological polar surface area (TPSA) is 33.5 Å². The van der Waals surface area contributed by atoms with Gasteiger partial charge in [0.1, 0.15) is 14.1 Å². The summed E-state index contributed by atoms with van der Waals surface area (Å²) in [5.74, 6) is 0. The molecule has 2 rings (SSSR count). The lowest BCUT2D eigenvalue weighted by molar-refractivity contribution is -0.672. The van der Waals surface area contributed by atoms with Crippen LogP contribution in [0, 0.1) is 0 Å². The second-order valence-corrected chi connectivity index (χ2v) is 2.82.